The molecular formula is C16H19FN6OS. The molecule has 1 fully saturated rings. The lowest BCUT2D eigenvalue weighted by molar-refractivity contribution is 0.0931. The van der Waals surface area contributed by atoms with Gasteiger partial charge in [-0.25, -0.2) is 9.38 Å². The maximum atomic E-state index is 12.9. The summed E-state index contributed by atoms with van der Waals surface area (Å²) in [6.07, 6.45) is 0. The second-order valence-electron chi connectivity index (χ2n) is 5.61. The minimum atomic E-state index is -0.394. The summed E-state index contributed by atoms with van der Waals surface area (Å²) in [7, 11) is 0. The Morgan fingerprint density at radius 1 is 1.28 bits per heavy atom. The first kappa shape index (κ1) is 18.9. The zero-order valence-electron chi connectivity index (χ0n) is 13.7. The topological polar surface area (TPSA) is 107 Å². The molecule has 0 atom stereocenters. The fourth-order valence-electron chi connectivity index (χ4n) is 2.40. The van der Waals surface area contributed by atoms with Crippen molar-refractivity contribution in [1.29, 1.82) is 16.2 Å². The third-order valence-electron chi connectivity index (χ3n) is 3.63. The van der Waals surface area contributed by atoms with E-state index in [4.69, 9.17) is 16.2 Å². The standard InChI is InChI=1S/C16H19FN6OS/c1-10(18)21-16(25)15(20)23-7-6-22(9-14(23)19)8-13(24)11-2-4-12(17)5-3-11/h2-5,19-20H,6-9H2,1H3,(H2,18,21,25). The molecule has 0 radical (unpaired) electrons. The van der Waals surface area contributed by atoms with Gasteiger partial charge in [-0.1, -0.05) is 0 Å². The van der Waals surface area contributed by atoms with Gasteiger partial charge in [-0.2, -0.15) is 0 Å². The van der Waals surface area contributed by atoms with E-state index in [2.05, 4.69) is 17.6 Å². The van der Waals surface area contributed by atoms with E-state index in [-0.39, 0.29) is 41.4 Å². The van der Waals surface area contributed by atoms with Gasteiger partial charge >= 0.3 is 0 Å². The molecule has 0 saturated carbocycles. The smallest absolute Gasteiger partial charge is 0.176 e. The summed E-state index contributed by atoms with van der Waals surface area (Å²) < 4.78 is 12.9. The van der Waals surface area contributed by atoms with Gasteiger partial charge in [-0.05, 0) is 31.2 Å². The third kappa shape index (κ3) is 5.04. The molecule has 0 spiro atoms. The number of aliphatic imine (C=N–C) groups is 1. The fraction of sp³-hybridized carbons (Fsp3) is 0.312. The number of amidine groups is 3. The van der Waals surface area contributed by atoms with Crippen molar-refractivity contribution >= 4 is 41.0 Å². The molecule has 1 aliphatic heterocycles. The SMILES string of the molecule is CC(=N)/N=C(\S)C(=N)N1CCN(CC(=O)c2ccc(F)cc2)CC1=N. The Balaban J connectivity index is 1.96. The number of halogens is 1. The number of thiol groups is 1. The van der Waals surface area contributed by atoms with E-state index in [1.165, 1.54) is 36.1 Å². The number of nitrogens with zero attached hydrogens (tertiary/aromatic N) is 3. The van der Waals surface area contributed by atoms with Crippen LogP contribution in [0.5, 0.6) is 0 Å². The van der Waals surface area contributed by atoms with E-state index in [0.29, 0.717) is 18.7 Å². The van der Waals surface area contributed by atoms with Gasteiger partial charge in [0, 0.05) is 18.7 Å². The first-order valence-corrected chi connectivity index (χ1v) is 8.00. The average molecular weight is 362 g/mol. The Bertz CT molecular complexity index is 745. The van der Waals surface area contributed by atoms with E-state index < -0.39 is 5.82 Å². The van der Waals surface area contributed by atoms with Gasteiger partial charge in [-0.15, -0.1) is 12.6 Å². The third-order valence-corrected chi connectivity index (χ3v) is 3.94. The van der Waals surface area contributed by atoms with Gasteiger partial charge in [0.1, 0.15) is 22.5 Å². The number of carbonyl (C=O) groups excluding carboxylic acids is 1. The number of Topliss-reactive ketones (excluding diaryl/α,β-unsaturated/α-hetero) is 1. The number of piperazine rings is 1. The summed E-state index contributed by atoms with van der Waals surface area (Å²) in [5, 5.41) is 23.5. The van der Waals surface area contributed by atoms with Crippen molar-refractivity contribution < 1.29 is 9.18 Å². The van der Waals surface area contributed by atoms with E-state index in [9.17, 15) is 9.18 Å². The lowest BCUT2D eigenvalue weighted by Crippen LogP contribution is -2.54. The van der Waals surface area contributed by atoms with Gasteiger partial charge in [0.2, 0.25) is 0 Å². The highest BCUT2D eigenvalue weighted by molar-refractivity contribution is 7.99. The zero-order chi connectivity index (χ0) is 18.6. The Morgan fingerprint density at radius 3 is 2.48 bits per heavy atom. The molecule has 7 nitrogen and oxygen atoms in total. The molecule has 0 unspecified atom stereocenters. The fourth-order valence-corrected chi connectivity index (χ4v) is 2.67. The summed E-state index contributed by atoms with van der Waals surface area (Å²) in [5.41, 5.74) is 0.425. The second-order valence-corrected chi connectivity index (χ2v) is 6.03. The molecule has 1 aromatic carbocycles. The van der Waals surface area contributed by atoms with Gasteiger partial charge in [0.25, 0.3) is 0 Å². The van der Waals surface area contributed by atoms with Crippen molar-refractivity contribution in [1.82, 2.24) is 9.80 Å². The van der Waals surface area contributed by atoms with Crippen molar-refractivity contribution in [3.63, 3.8) is 0 Å². The van der Waals surface area contributed by atoms with Crippen LogP contribution >= 0.6 is 12.6 Å². The number of nitrogens with one attached hydrogen (secondary N) is 3. The van der Waals surface area contributed by atoms with Gasteiger partial charge in [0.05, 0.1) is 13.1 Å². The molecule has 1 heterocycles. The van der Waals surface area contributed by atoms with E-state index in [0.717, 1.165) is 0 Å². The van der Waals surface area contributed by atoms with Crippen LogP contribution in [0, 0.1) is 22.0 Å². The number of benzene rings is 1. The Kier molecular flexibility index (Phi) is 6.16. The minimum Gasteiger partial charge on any atom is -0.311 e. The van der Waals surface area contributed by atoms with Crippen LogP contribution in [0.4, 0.5) is 4.39 Å². The van der Waals surface area contributed by atoms with Crippen molar-refractivity contribution in [2.75, 3.05) is 26.2 Å². The van der Waals surface area contributed by atoms with Crippen molar-refractivity contribution in [3.05, 3.63) is 35.6 Å². The van der Waals surface area contributed by atoms with Crippen LogP contribution in [0.1, 0.15) is 17.3 Å². The highest BCUT2D eigenvalue weighted by Crippen LogP contribution is 2.10. The highest BCUT2D eigenvalue weighted by atomic mass is 32.1. The first-order valence-electron chi connectivity index (χ1n) is 7.55. The quantitative estimate of drug-likeness (QED) is 0.284. The van der Waals surface area contributed by atoms with Crippen LogP contribution in [0.2, 0.25) is 0 Å². The van der Waals surface area contributed by atoms with Crippen molar-refractivity contribution in [2.24, 2.45) is 4.99 Å². The number of hydrogen-bond acceptors (Lipinski definition) is 5. The monoisotopic (exact) mass is 362 g/mol. The van der Waals surface area contributed by atoms with E-state index >= 15 is 0 Å². The van der Waals surface area contributed by atoms with Crippen molar-refractivity contribution in [2.45, 2.75) is 6.92 Å². The van der Waals surface area contributed by atoms with Crippen molar-refractivity contribution in [3.8, 4) is 0 Å². The van der Waals surface area contributed by atoms with Crippen LogP contribution in [-0.2, 0) is 0 Å². The van der Waals surface area contributed by atoms with Crippen LogP contribution in [0.15, 0.2) is 29.3 Å². The highest BCUT2D eigenvalue weighted by Gasteiger charge is 2.26. The largest absolute Gasteiger partial charge is 0.311 e. The average Bonchev–Trinajstić information content (AvgIpc) is 2.54. The first-order chi connectivity index (χ1) is 11.8. The van der Waals surface area contributed by atoms with Gasteiger partial charge in [0.15, 0.2) is 11.6 Å². The lowest BCUT2D eigenvalue weighted by Gasteiger charge is -2.35. The molecule has 3 N–H and O–H groups in total. The second kappa shape index (κ2) is 8.13. The normalized spacial score (nSPS) is 16.0. The molecule has 25 heavy (non-hydrogen) atoms. The number of ketones is 1. The molecule has 0 amide bonds. The van der Waals surface area contributed by atoms with Crippen LogP contribution in [0.25, 0.3) is 0 Å². The maximum Gasteiger partial charge on any atom is 0.176 e. The molecular weight excluding hydrogens is 343 g/mol. The minimum absolute atomic E-state index is 0.0322. The Labute approximate surface area is 150 Å². The van der Waals surface area contributed by atoms with Gasteiger partial charge in [-0.3, -0.25) is 25.9 Å². The molecule has 1 aromatic rings. The molecule has 132 valence electrons. The number of carbonyl (C=O) groups is 1. The molecule has 0 aliphatic carbocycles. The summed E-state index contributed by atoms with van der Waals surface area (Å²) in [6.45, 7) is 2.65. The molecule has 1 aliphatic rings. The summed E-state index contributed by atoms with van der Waals surface area (Å²) in [4.78, 5) is 19.3. The Hall–Kier alpha value is -2.39. The van der Waals surface area contributed by atoms with E-state index in [1.807, 2.05) is 0 Å². The number of rotatable bonds is 4. The molecule has 2 rings (SSSR count). The number of hydrogen-bond donors (Lipinski definition) is 4. The molecule has 0 bridgehead atoms. The lowest BCUT2D eigenvalue weighted by atomic mass is 10.1. The molecule has 0 aromatic heterocycles. The molecule has 9 heteroatoms. The molecule has 1 saturated heterocycles. The van der Waals surface area contributed by atoms with E-state index in [1.54, 1.807) is 4.90 Å². The van der Waals surface area contributed by atoms with Crippen LogP contribution in [0.3, 0.4) is 0 Å². The van der Waals surface area contributed by atoms with Crippen LogP contribution in [-0.4, -0.2) is 64.3 Å². The summed E-state index contributed by atoms with van der Waals surface area (Å²) >= 11 is 4.10. The predicted octanol–water partition coefficient (Wildman–Crippen LogP) is 1.91. The Morgan fingerprint density at radius 2 is 1.92 bits per heavy atom. The summed E-state index contributed by atoms with van der Waals surface area (Å²) in [5.74, 6) is -0.385. The maximum absolute atomic E-state index is 12.9. The predicted molar refractivity (Wildman–Crippen MR) is 99.2 cm³/mol. The van der Waals surface area contributed by atoms with Crippen LogP contribution < -0.4 is 0 Å². The zero-order valence-corrected chi connectivity index (χ0v) is 14.6. The summed E-state index contributed by atoms with van der Waals surface area (Å²) in [6, 6.07) is 5.37. The van der Waals surface area contributed by atoms with Gasteiger partial charge < -0.3 is 4.90 Å².